The normalized spacial score (nSPS) is 18.0. The van der Waals surface area contributed by atoms with E-state index in [1.165, 1.54) is 6.26 Å². The Bertz CT molecular complexity index is 1490. The first kappa shape index (κ1) is 29.8. The van der Waals surface area contributed by atoms with Crippen molar-refractivity contribution in [3.8, 4) is 0 Å². The van der Waals surface area contributed by atoms with Gasteiger partial charge in [0.15, 0.2) is 9.84 Å². The molecule has 5 rings (SSSR count). The molecule has 216 valence electrons. The minimum Gasteiger partial charge on any atom is -0.350 e. The van der Waals surface area contributed by atoms with Gasteiger partial charge in [0.2, 0.25) is 0 Å². The third-order valence-electron chi connectivity index (χ3n) is 8.01. The number of hydrogen-bond acceptors (Lipinski definition) is 5. The Labute approximate surface area is 252 Å². The molecule has 2 aliphatic rings. The SMILES string of the molecule is CCN1CCCC1CNC(=O)c1cccc(C(=C2CN(C(c3ccc(Cl)cc3)c3ccc(Cl)cc3)C2)S(C)(=O)=O)c1. The zero-order valence-electron chi connectivity index (χ0n) is 23.3. The lowest BCUT2D eigenvalue weighted by Gasteiger charge is -2.42. The molecule has 2 heterocycles. The first-order valence-corrected chi connectivity index (χ1v) is 16.6. The number of halogens is 2. The van der Waals surface area contributed by atoms with Gasteiger partial charge in [-0.1, -0.05) is 66.5 Å². The van der Waals surface area contributed by atoms with Crippen molar-refractivity contribution in [2.75, 3.05) is 39.0 Å². The van der Waals surface area contributed by atoms with Crippen molar-refractivity contribution >= 4 is 43.9 Å². The summed E-state index contributed by atoms with van der Waals surface area (Å²) in [5.74, 6) is -0.187. The molecule has 0 aliphatic carbocycles. The molecule has 2 saturated heterocycles. The number of benzene rings is 3. The second kappa shape index (κ2) is 12.7. The van der Waals surface area contributed by atoms with E-state index in [2.05, 4.69) is 22.0 Å². The van der Waals surface area contributed by atoms with Crippen LogP contribution in [0.1, 0.15) is 52.9 Å². The molecule has 1 unspecified atom stereocenters. The van der Waals surface area contributed by atoms with Crippen molar-refractivity contribution in [3.63, 3.8) is 0 Å². The minimum atomic E-state index is -3.57. The topological polar surface area (TPSA) is 69.7 Å². The zero-order chi connectivity index (χ0) is 29.1. The standard InChI is InChI=1S/C32H35Cl2N3O3S/c1-3-36-17-5-8-29(36)19-35-32(38)25-7-4-6-24(18-25)31(41(2,39)40)26-20-37(21-26)30(22-9-13-27(33)14-10-22)23-11-15-28(34)16-12-23/h4,6-7,9-16,18,29-30H,3,5,8,17,19-21H2,1-2H3,(H,35,38). The Morgan fingerprint density at radius 2 is 1.54 bits per heavy atom. The number of likely N-dealkylation sites (N-methyl/N-ethyl adjacent to an activating group) is 1. The van der Waals surface area contributed by atoms with Gasteiger partial charge in [0.05, 0.1) is 10.9 Å². The molecule has 41 heavy (non-hydrogen) atoms. The monoisotopic (exact) mass is 611 g/mol. The highest BCUT2D eigenvalue weighted by atomic mass is 35.5. The molecule has 9 heteroatoms. The summed E-state index contributed by atoms with van der Waals surface area (Å²) in [4.78, 5) is 18.0. The van der Waals surface area contributed by atoms with E-state index in [1.54, 1.807) is 24.3 Å². The molecule has 1 N–H and O–H groups in total. The van der Waals surface area contributed by atoms with E-state index in [0.29, 0.717) is 51.8 Å². The molecular formula is C32H35Cl2N3O3S. The van der Waals surface area contributed by atoms with E-state index in [0.717, 1.165) is 42.6 Å². The van der Waals surface area contributed by atoms with Crippen molar-refractivity contribution < 1.29 is 13.2 Å². The van der Waals surface area contributed by atoms with Crippen molar-refractivity contribution in [1.29, 1.82) is 0 Å². The maximum absolute atomic E-state index is 13.1. The molecule has 0 aromatic heterocycles. The van der Waals surface area contributed by atoms with Crippen LogP contribution < -0.4 is 5.32 Å². The summed E-state index contributed by atoms with van der Waals surface area (Å²) in [6.45, 7) is 5.70. The second-order valence-electron chi connectivity index (χ2n) is 10.8. The van der Waals surface area contributed by atoms with Gasteiger partial charge in [0.25, 0.3) is 5.91 Å². The molecule has 0 radical (unpaired) electrons. The summed E-state index contributed by atoms with van der Waals surface area (Å²) in [5, 5.41) is 4.37. The van der Waals surface area contributed by atoms with Crippen LogP contribution in [0.5, 0.6) is 0 Å². The van der Waals surface area contributed by atoms with Gasteiger partial charge in [0.1, 0.15) is 0 Å². The molecule has 0 bridgehead atoms. The van der Waals surface area contributed by atoms with Crippen LogP contribution in [0.2, 0.25) is 10.0 Å². The lowest BCUT2D eigenvalue weighted by atomic mass is 9.92. The number of nitrogens with zero attached hydrogens (tertiary/aromatic N) is 2. The molecule has 0 spiro atoms. The number of amides is 1. The largest absolute Gasteiger partial charge is 0.350 e. The van der Waals surface area contributed by atoms with Crippen molar-refractivity contribution in [3.05, 3.63) is 111 Å². The molecule has 1 atom stereocenters. The number of nitrogens with one attached hydrogen (secondary N) is 1. The third kappa shape index (κ3) is 6.87. The van der Waals surface area contributed by atoms with E-state index in [1.807, 2.05) is 48.5 Å². The fourth-order valence-electron chi connectivity index (χ4n) is 6.01. The Morgan fingerprint density at radius 1 is 0.951 bits per heavy atom. The van der Waals surface area contributed by atoms with Gasteiger partial charge in [-0.25, -0.2) is 8.42 Å². The quantitative estimate of drug-likeness (QED) is 0.318. The Balaban J connectivity index is 1.39. The first-order valence-electron chi connectivity index (χ1n) is 13.9. The van der Waals surface area contributed by atoms with Gasteiger partial charge in [-0.05, 0) is 84.6 Å². The number of likely N-dealkylation sites (tertiary alicyclic amines) is 2. The summed E-state index contributed by atoms with van der Waals surface area (Å²) in [6, 6.07) is 22.6. The van der Waals surface area contributed by atoms with E-state index < -0.39 is 9.84 Å². The fraction of sp³-hybridized carbons (Fsp3) is 0.344. The van der Waals surface area contributed by atoms with Gasteiger partial charge < -0.3 is 5.32 Å². The average molecular weight is 613 g/mol. The van der Waals surface area contributed by atoms with Crippen LogP contribution in [-0.2, 0) is 9.84 Å². The lowest BCUT2D eigenvalue weighted by molar-refractivity contribution is 0.0941. The van der Waals surface area contributed by atoms with Crippen LogP contribution in [-0.4, -0.2) is 69.1 Å². The minimum absolute atomic E-state index is 0.0931. The predicted octanol–water partition coefficient (Wildman–Crippen LogP) is 6.07. The maximum atomic E-state index is 13.1. The number of carbonyl (C=O) groups excluding carboxylic acids is 1. The van der Waals surface area contributed by atoms with Crippen molar-refractivity contribution in [2.24, 2.45) is 0 Å². The molecule has 1 amide bonds. The van der Waals surface area contributed by atoms with Gasteiger partial charge in [-0.3, -0.25) is 14.6 Å². The van der Waals surface area contributed by atoms with Crippen LogP contribution >= 0.6 is 23.2 Å². The van der Waals surface area contributed by atoms with Crippen LogP contribution in [0, 0.1) is 0 Å². The highest BCUT2D eigenvalue weighted by Crippen LogP contribution is 2.39. The van der Waals surface area contributed by atoms with Crippen molar-refractivity contribution in [2.45, 2.75) is 31.8 Å². The fourth-order valence-corrected chi connectivity index (χ4v) is 7.47. The molecule has 3 aromatic carbocycles. The smallest absolute Gasteiger partial charge is 0.251 e. The number of hydrogen-bond donors (Lipinski definition) is 1. The summed E-state index contributed by atoms with van der Waals surface area (Å²) < 4.78 is 26.2. The molecule has 3 aromatic rings. The van der Waals surface area contributed by atoms with Gasteiger partial charge in [0, 0.05) is 47.5 Å². The van der Waals surface area contributed by atoms with E-state index >= 15 is 0 Å². The third-order valence-corrected chi connectivity index (χ3v) is 9.78. The summed E-state index contributed by atoms with van der Waals surface area (Å²) >= 11 is 12.3. The molecular weight excluding hydrogens is 577 g/mol. The Kier molecular flexibility index (Phi) is 9.21. The van der Waals surface area contributed by atoms with Crippen LogP contribution in [0.4, 0.5) is 0 Å². The van der Waals surface area contributed by atoms with Gasteiger partial charge in [-0.2, -0.15) is 0 Å². The number of carbonyl (C=O) groups is 1. The van der Waals surface area contributed by atoms with Crippen LogP contribution in [0.3, 0.4) is 0 Å². The number of sulfone groups is 1. The molecule has 2 fully saturated rings. The molecule has 6 nitrogen and oxygen atoms in total. The predicted molar refractivity (Wildman–Crippen MR) is 167 cm³/mol. The highest BCUT2D eigenvalue weighted by molar-refractivity contribution is 8.00. The number of rotatable bonds is 9. The molecule has 0 saturated carbocycles. The Morgan fingerprint density at radius 3 is 2.10 bits per heavy atom. The summed E-state index contributed by atoms with van der Waals surface area (Å²) in [5.41, 5.74) is 3.93. The van der Waals surface area contributed by atoms with E-state index in [9.17, 15) is 13.2 Å². The summed E-state index contributed by atoms with van der Waals surface area (Å²) in [6.07, 6.45) is 3.45. The molecule has 2 aliphatic heterocycles. The summed E-state index contributed by atoms with van der Waals surface area (Å²) in [7, 11) is -3.57. The van der Waals surface area contributed by atoms with Gasteiger partial charge in [-0.15, -0.1) is 0 Å². The van der Waals surface area contributed by atoms with Gasteiger partial charge >= 0.3 is 0 Å². The Hall–Kier alpha value is -2.68. The zero-order valence-corrected chi connectivity index (χ0v) is 25.6. The lowest BCUT2D eigenvalue weighted by Crippen LogP contribution is -2.44. The van der Waals surface area contributed by atoms with Crippen LogP contribution in [0.15, 0.2) is 78.4 Å². The maximum Gasteiger partial charge on any atom is 0.251 e. The second-order valence-corrected chi connectivity index (χ2v) is 13.7. The van der Waals surface area contributed by atoms with Crippen molar-refractivity contribution in [1.82, 2.24) is 15.1 Å². The first-order chi connectivity index (χ1) is 19.6. The highest BCUT2D eigenvalue weighted by Gasteiger charge is 2.35. The van der Waals surface area contributed by atoms with E-state index in [-0.39, 0.29) is 11.9 Å². The van der Waals surface area contributed by atoms with E-state index in [4.69, 9.17) is 23.2 Å². The average Bonchev–Trinajstić information content (AvgIpc) is 3.39. The van der Waals surface area contributed by atoms with Crippen LogP contribution in [0.25, 0.3) is 4.91 Å².